The van der Waals surface area contributed by atoms with Crippen LogP contribution in [0.25, 0.3) is 44.2 Å². The molecule has 0 saturated carbocycles. The largest absolute Gasteiger partial charge is 0.455 e. The Bertz CT molecular complexity index is 2130. The van der Waals surface area contributed by atoms with Crippen molar-refractivity contribution in [2.45, 2.75) is 23.2 Å². The molecule has 2 nitrogen and oxygen atoms in total. The molecule has 6 aromatic carbocycles. The first-order valence-electron chi connectivity index (χ1n) is 14.8. The molecule has 1 aromatic heterocycles. The number of alkyl halides is 1. The van der Waals surface area contributed by atoms with Gasteiger partial charge in [-0.05, 0) is 64.2 Å². The first kappa shape index (κ1) is 26.3. The van der Waals surface area contributed by atoms with Gasteiger partial charge in [0.1, 0.15) is 11.2 Å². The fourth-order valence-corrected chi connectivity index (χ4v) is 7.48. The normalized spacial score (nSPS) is 16.7. The number of hydrogen-bond acceptors (Lipinski definition) is 2. The van der Waals surface area contributed by atoms with Gasteiger partial charge in [0.15, 0.2) is 0 Å². The average molecular weight is 668 g/mol. The molecule has 0 fully saturated rings. The first-order chi connectivity index (χ1) is 21.0. The van der Waals surface area contributed by atoms with Crippen LogP contribution >= 0.6 is 22.6 Å². The van der Waals surface area contributed by atoms with Crippen molar-refractivity contribution < 1.29 is 4.42 Å². The van der Waals surface area contributed by atoms with Crippen LogP contribution in [0.1, 0.15) is 25.0 Å². The second kappa shape index (κ2) is 10.1. The lowest BCUT2D eigenvalue weighted by Crippen LogP contribution is -2.38. The number of benzene rings is 6. The maximum atomic E-state index is 6.33. The van der Waals surface area contributed by atoms with Crippen LogP contribution in [0.4, 0.5) is 17.1 Å². The number of rotatable bonds is 4. The van der Waals surface area contributed by atoms with Crippen LogP contribution in [0.15, 0.2) is 144 Å². The minimum Gasteiger partial charge on any atom is -0.455 e. The second-order valence-electron chi connectivity index (χ2n) is 11.6. The summed E-state index contributed by atoms with van der Waals surface area (Å²) in [6.07, 6.45) is 0. The van der Waals surface area contributed by atoms with E-state index in [2.05, 4.69) is 169 Å². The van der Waals surface area contributed by atoms with Crippen molar-refractivity contribution in [1.82, 2.24) is 0 Å². The van der Waals surface area contributed by atoms with Gasteiger partial charge in [-0.25, -0.2) is 0 Å². The number of fused-ring (bicyclic) bond motifs is 5. The Hall–Kier alpha value is -4.35. The summed E-state index contributed by atoms with van der Waals surface area (Å²) in [7, 11) is 0. The van der Waals surface area contributed by atoms with Crippen LogP contribution in [-0.2, 0) is 5.41 Å². The molecule has 0 radical (unpaired) electrons. The van der Waals surface area contributed by atoms with Crippen molar-refractivity contribution in [3.05, 3.63) is 151 Å². The van der Waals surface area contributed by atoms with E-state index in [0.717, 1.165) is 33.1 Å². The van der Waals surface area contributed by atoms with E-state index < -0.39 is 0 Å². The van der Waals surface area contributed by atoms with Crippen LogP contribution < -0.4 is 4.90 Å². The van der Waals surface area contributed by atoms with Gasteiger partial charge < -0.3 is 9.32 Å². The summed E-state index contributed by atoms with van der Waals surface area (Å²) in [5.41, 5.74) is 12.8. The Morgan fingerprint density at radius 1 is 0.605 bits per heavy atom. The molecule has 0 saturated heterocycles. The lowest BCUT2D eigenvalue weighted by molar-refractivity contribution is 0.574. The molecule has 7 aromatic rings. The summed E-state index contributed by atoms with van der Waals surface area (Å²) >= 11 is 2.62. The van der Waals surface area contributed by atoms with Gasteiger partial charge in [0.25, 0.3) is 0 Å². The molecule has 3 heteroatoms. The third-order valence-corrected chi connectivity index (χ3v) is 10.5. The molecule has 2 unspecified atom stereocenters. The fraction of sp³-hybridized carbons (Fsp3) is 0.100. The first-order valence-corrected chi connectivity index (χ1v) is 16.0. The van der Waals surface area contributed by atoms with Crippen LogP contribution in [0.5, 0.6) is 0 Å². The van der Waals surface area contributed by atoms with Crippen molar-refractivity contribution in [2.75, 3.05) is 4.90 Å². The summed E-state index contributed by atoms with van der Waals surface area (Å²) in [5.74, 6) is 0. The van der Waals surface area contributed by atoms with Gasteiger partial charge in [0.05, 0.1) is 11.4 Å². The summed E-state index contributed by atoms with van der Waals surface area (Å²) in [6, 6.07) is 50.3. The highest BCUT2D eigenvalue weighted by Crippen LogP contribution is 2.55. The van der Waals surface area contributed by atoms with Gasteiger partial charge in [0, 0.05) is 31.4 Å². The maximum Gasteiger partial charge on any atom is 0.143 e. The Balaban J connectivity index is 1.25. The lowest BCUT2D eigenvalue weighted by Gasteiger charge is -2.45. The van der Waals surface area contributed by atoms with Gasteiger partial charge in [-0.3, -0.25) is 0 Å². The highest BCUT2D eigenvalue weighted by molar-refractivity contribution is 14.1. The summed E-state index contributed by atoms with van der Waals surface area (Å²) < 4.78 is 6.71. The third kappa shape index (κ3) is 4.05. The standard InChI is InChI=1S/C40H30INO/c1-26(41)40(2)34-16-7-8-17-36(34)42(30-11-4-3-5-12-30)37-24-23-29(25-35(37)40)27-19-21-28(22-20-27)31-14-10-15-33-32-13-6-9-18-38(32)43-39(31)33/h3-26H,1-2H3. The predicted molar refractivity (Wildman–Crippen MR) is 189 cm³/mol. The van der Waals surface area contributed by atoms with E-state index in [1.54, 1.807) is 0 Å². The molecular formula is C40H30INO. The van der Waals surface area contributed by atoms with Gasteiger partial charge in [0.2, 0.25) is 0 Å². The molecule has 208 valence electrons. The van der Waals surface area contributed by atoms with E-state index in [1.807, 2.05) is 12.1 Å². The van der Waals surface area contributed by atoms with E-state index in [9.17, 15) is 0 Å². The molecule has 2 atom stereocenters. The Morgan fingerprint density at radius 2 is 1.26 bits per heavy atom. The quantitative estimate of drug-likeness (QED) is 0.137. The van der Waals surface area contributed by atoms with E-state index in [1.165, 1.54) is 39.3 Å². The Kier molecular flexibility index (Phi) is 6.19. The van der Waals surface area contributed by atoms with Crippen LogP contribution in [0.2, 0.25) is 0 Å². The van der Waals surface area contributed by atoms with Gasteiger partial charge in [-0.2, -0.15) is 0 Å². The summed E-state index contributed by atoms with van der Waals surface area (Å²) in [5, 5.41) is 2.31. The highest BCUT2D eigenvalue weighted by atomic mass is 127. The molecule has 1 aliphatic heterocycles. The third-order valence-electron chi connectivity index (χ3n) is 9.24. The molecule has 1 aliphatic rings. The zero-order valence-electron chi connectivity index (χ0n) is 24.1. The van der Waals surface area contributed by atoms with E-state index in [0.29, 0.717) is 3.92 Å². The van der Waals surface area contributed by atoms with Crippen molar-refractivity contribution in [1.29, 1.82) is 0 Å². The van der Waals surface area contributed by atoms with Crippen molar-refractivity contribution in [2.24, 2.45) is 0 Å². The second-order valence-corrected chi connectivity index (χ2v) is 13.5. The average Bonchev–Trinajstić information content (AvgIpc) is 3.44. The van der Waals surface area contributed by atoms with Crippen molar-refractivity contribution >= 4 is 61.6 Å². The van der Waals surface area contributed by atoms with Crippen LogP contribution in [0.3, 0.4) is 0 Å². The molecule has 0 amide bonds. The molecule has 43 heavy (non-hydrogen) atoms. The van der Waals surface area contributed by atoms with E-state index in [-0.39, 0.29) is 5.41 Å². The number of halogens is 1. The minimum atomic E-state index is -0.148. The molecule has 2 heterocycles. The minimum absolute atomic E-state index is 0.148. The maximum absolute atomic E-state index is 6.33. The van der Waals surface area contributed by atoms with E-state index >= 15 is 0 Å². The molecule has 8 rings (SSSR count). The zero-order chi connectivity index (χ0) is 29.1. The number of nitrogens with zero attached hydrogens (tertiary/aromatic N) is 1. The highest BCUT2D eigenvalue weighted by Gasteiger charge is 2.43. The number of hydrogen-bond donors (Lipinski definition) is 0. The monoisotopic (exact) mass is 667 g/mol. The lowest BCUT2D eigenvalue weighted by atomic mass is 9.69. The number of para-hydroxylation sites is 4. The van der Waals surface area contributed by atoms with Gasteiger partial charge in [-0.1, -0.05) is 140 Å². The van der Waals surface area contributed by atoms with Crippen molar-refractivity contribution in [3.63, 3.8) is 0 Å². The van der Waals surface area contributed by atoms with Gasteiger partial charge >= 0.3 is 0 Å². The van der Waals surface area contributed by atoms with Crippen LogP contribution in [0, 0.1) is 0 Å². The molecular weight excluding hydrogens is 637 g/mol. The fourth-order valence-electron chi connectivity index (χ4n) is 6.81. The topological polar surface area (TPSA) is 16.4 Å². The van der Waals surface area contributed by atoms with Gasteiger partial charge in [-0.15, -0.1) is 0 Å². The van der Waals surface area contributed by atoms with Crippen LogP contribution in [-0.4, -0.2) is 3.92 Å². The smallest absolute Gasteiger partial charge is 0.143 e. The Labute approximate surface area is 265 Å². The molecule has 0 spiro atoms. The zero-order valence-corrected chi connectivity index (χ0v) is 26.2. The summed E-state index contributed by atoms with van der Waals surface area (Å²) in [6.45, 7) is 4.74. The molecule has 0 bridgehead atoms. The molecule has 0 aliphatic carbocycles. The Morgan fingerprint density at radius 3 is 2.07 bits per heavy atom. The van der Waals surface area contributed by atoms with E-state index in [4.69, 9.17) is 4.42 Å². The number of furan rings is 1. The van der Waals surface area contributed by atoms with Crippen molar-refractivity contribution in [3.8, 4) is 22.3 Å². The summed E-state index contributed by atoms with van der Waals surface area (Å²) in [4.78, 5) is 2.42. The predicted octanol–water partition coefficient (Wildman–Crippen LogP) is 11.8. The molecule has 0 N–H and O–H groups in total. The SMILES string of the molecule is CC(I)C1(C)c2ccccc2N(c2ccccc2)c2ccc(-c3ccc(-c4cccc5c4oc4ccccc45)cc3)cc21. The number of anilines is 3.